The van der Waals surface area contributed by atoms with Crippen LogP contribution in [0.1, 0.15) is 16.7 Å². The highest BCUT2D eigenvalue weighted by molar-refractivity contribution is 5.69. The average Bonchev–Trinajstić information content (AvgIpc) is 2.40. The minimum atomic E-state index is 0.933. The van der Waals surface area contributed by atoms with Gasteiger partial charge in [0.1, 0.15) is 0 Å². The fourth-order valence-corrected chi connectivity index (χ4v) is 1.69. The van der Waals surface area contributed by atoms with E-state index in [-0.39, 0.29) is 0 Å². The Balaban J connectivity index is 2.08. The summed E-state index contributed by atoms with van der Waals surface area (Å²) in [5.74, 6) is 0. The van der Waals surface area contributed by atoms with E-state index < -0.39 is 0 Å². The Labute approximate surface area is 103 Å². The zero-order valence-electron chi connectivity index (χ0n) is 9.84. The molecule has 0 fully saturated rings. The summed E-state index contributed by atoms with van der Waals surface area (Å²) in [5, 5.41) is 0. The fourth-order valence-electron chi connectivity index (χ4n) is 1.69. The van der Waals surface area contributed by atoms with Gasteiger partial charge >= 0.3 is 0 Å². The van der Waals surface area contributed by atoms with Crippen LogP contribution in [-0.4, -0.2) is 0 Å². The summed E-state index contributed by atoms with van der Waals surface area (Å²) in [6.07, 6.45) is 7.12. The highest BCUT2D eigenvalue weighted by atomic mass is 14.0. The minimum Gasteiger partial charge on any atom is -0.103 e. The zero-order chi connectivity index (χ0) is 11.9. The van der Waals surface area contributed by atoms with Crippen LogP contribution in [0.3, 0.4) is 0 Å². The Morgan fingerprint density at radius 3 is 1.94 bits per heavy atom. The Bertz CT molecular complexity index is 489. The van der Waals surface area contributed by atoms with E-state index in [1.807, 2.05) is 24.3 Å². The molecule has 0 heterocycles. The third kappa shape index (κ3) is 3.46. The zero-order valence-corrected chi connectivity index (χ0v) is 9.84. The van der Waals surface area contributed by atoms with Crippen molar-refractivity contribution >= 4 is 12.2 Å². The molecule has 0 heteroatoms. The number of hydrogen-bond donors (Lipinski definition) is 0. The Hall–Kier alpha value is -2.08. The van der Waals surface area contributed by atoms with E-state index in [0.717, 1.165) is 6.42 Å². The van der Waals surface area contributed by atoms with Crippen LogP contribution < -0.4 is 0 Å². The summed E-state index contributed by atoms with van der Waals surface area (Å²) < 4.78 is 0. The smallest absolute Gasteiger partial charge is 0.0100 e. The lowest BCUT2D eigenvalue weighted by atomic mass is 10.1. The summed E-state index contributed by atoms with van der Waals surface area (Å²) in [6.45, 7) is 3.74. The number of rotatable bonds is 4. The van der Waals surface area contributed by atoms with Gasteiger partial charge in [0.05, 0.1) is 0 Å². The first-order valence-electron chi connectivity index (χ1n) is 5.81. The van der Waals surface area contributed by atoms with Crippen LogP contribution in [-0.2, 0) is 6.42 Å². The highest BCUT2D eigenvalue weighted by Crippen LogP contribution is 2.10. The molecule has 2 aromatic carbocycles. The van der Waals surface area contributed by atoms with E-state index in [2.05, 4.69) is 55.1 Å². The molecule has 0 N–H and O–H groups in total. The van der Waals surface area contributed by atoms with Crippen LogP contribution in [0.5, 0.6) is 0 Å². The lowest BCUT2D eigenvalue weighted by Crippen LogP contribution is -1.80. The van der Waals surface area contributed by atoms with Crippen molar-refractivity contribution < 1.29 is 0 Å². The van der Waals surface area contributed by atoms with Gasteiger partial charge in [0.2, 0.25) is 0 Å². The molecule has 2 aromatic rings. The summed E-state index contributed by atoms with van der Waals surface area (Å²) in [7, 11) is 0. The molecule has 0 bridgehead atoms. The monoisotopic (exact) mass is 220 g/mol. The maximum atomic E-state index is 3.74. The first-order valence-corrected chi connectivity index (χ1v) is 5.81. The molecule has 0 atom stereocenters. The molecule has 0 spiro atoms. The predicted octanol–water partition coefficient (Wildman–Crippen LogP) is 4.59. The van der Waals surface area contributed by atoms with E-state index in [0.29, 0.717) is 0 Å². The summed E-state index contributed by atoms with van der Waals surface area (Å²) in [5.41, 5.74) is 3.75. The van der Waals surface area contributed by atoms with Crippen LogP contribution in [0.2, 0.25) is 0 Å². The van der Waals surface area contributed by atoms with Gasteiger partial charge in [-0.25, -0.2) is 0 Å². The second kappa shape index (κ2) is 5.86. The van der Waals surface area contributed by atoms with Crippen LogP contribution in [0, 0.1) is 0 Å². The molecule has 17 heavy (non-hydrogen) atoms. The van der Waals surface area contributed by atoms with Gasteiger partial charge in [-0.05, 0) is 23.1 Å². The molecule has 0 radical (unpaired) electrons. The molecular formula is C17H16. The van der Waals surface area contributed by atoms with E-state index in [9.17, 15) is 0 Å². The minimum absolute atomic E-state index is 0.933. The Kier molecular flexibility index (Phi) is 3.93. The van der Waals surface area contributed by atoms with Crippen molar-refractivity contribution in [3.63, 3.8) is 0 Å². The Morgan fingerprint density at radius 1 is 0.765 bits per heavy atom. The lowest BCUT2D eigenvalue weighted by molar-refractivity contribution is 1.28. The molecular weight excluding hydrogens is 204 g/mol. The molecule has 0 saturated heterocycles. The normalized spacial score (nSPS) is 10.6. The third-order valence-electron chi connectivity index (χ3n) is 2.63. The van der Waals surface area contributed by atoms with Gasteiger partial charge in [-0.15, -0.1) is 6.58 Å². The quantitative estimate of drug-likeness (QED) is 0.522. The number of benzene rings is 2. The molecule has 0 aromatic heterocycles. The van der Waals surface area contributed by atoms with Gasteiger partial charge in [-0.1, -0.05) is 72.8 Å². The fraction of sp³-hybridized carbons (Fsp3) is 0.0588. The Morgan fingerprint density at radius 2 is 1.35 bits per heavy atom. The molecule has 0 nitrogen and oxygen atoms in total. The van der Waals surface area contributed by atoms with Crippen molar-refractivity contribution in [2.75, 3.05) is 0 Å². The lowest BCUT2D eigenvalue weighted by Gasteiger charge is -1.98. The van der Waals surface area contributed by atoms with Gasteiger partial charge in [0.15, 0.2) is 0 Å². The van der Waals surface area contributed by atoms with Crippen LogP contribution >= 0.6 is 0 Å². The van der Waals surface area contributed by atoms with Crippen molar-refractivity contribution in [2.24, 2.45) is 0 Å². The van der Waals surface area contributed by atoms with Crippen LogP contribution in [0.15, 0.2) is 67.3 Å². The van der Waals surface area contributed by atoms with Crippen molar-refractivity contribution in [1.82, 2.24) is 0 Å². The van der Waals surface area contributed by atoms with Gasteiger partial charge in [0, 0.05) is 0 Å². The summed E-state index contributed by atoms with van der Waals surface area (Å²) >= 11 is 0. The number of allylic oxidation sites excluding steroid dienone is 1. The van der Waals surface area contributed by atoms with Crippen molar-refractivity contribution in [1.29, 1.82) is 0 Å². The van der Waals surface area contributed by atoms with Gasteiger partial charge in [0.25, 0.3) is 0 Å². The standard InChI is InChI=1S/C17H16/c1-2-6-15-9-12-17(13-10-15)14-11-16-7-4-3-5-8-16/h2-5,7-14H,1,6H2. The van der Waals surface area contributed by atoms with E-state index in [4.69, 9.17) is 0 Å². The molecule has 0 amide bonds. The highest BCUT2D eigenvalue weighted by Gasteiger charge is 1.90. The largest absolute Gasteiger partial charge is 0.103 e. The molecule has 0 unspecified atom stereocenters. The average molecular weight is 220 g/mol. The third-order valence-corrected chi connectivity index (χ3v) is 2.63. The molecule has 0 aliphatic rings. The first-order chi connectivity index (χ1) is 8.38. The molecule has 84 valence electrons. The van der Waals surface area contributed by atoms with Crippen LogP contribution in [0.25, 0.3) is 12.2 Å². The second-order valence-electron chi connectivity index (χ2n) is 3.98. The first kappa shape index (κ1) is 11.4. The topological polar surface area (TPSA) is 0 Å². The maximum absolute atomic E-state index is 3.74. The molecule has 2 rings (SSSR count). The summed E-state index contributed by atoms with van der Waals surface area (Å²) in [6, 6.07) is 18.9. The van der Waals surface area contributed by atoms with Crippen molar-refractivity contribution in [3.8, 4) is 0 Å². The van der Waals surface area contributed by atoms with E-state index in [1.165, 1.54) is 16.7 Å². The molecule has 0 aliphatic heterocycles. The summed E-state index contributed by atoms with van der Waals surface area (Å²) in [4.78, 5) is 0. The van der Waals surface area contributed by atoms with Gasteiger partial charge in [-0.3, -0.25) is 0 Å². The molecule has 0 saturated carbocycles. The van der Waals surface area contributed by atoms with Crippen molar-refractivity contribution in [3.05, 3.63) is 83.9 Å². The SMILES string of the molecule is C=CCc1ccc(C=Cc2ccccc2)cc1. The van der Waals surface area contributed by atoms with Crippen LogP contribution in [0.4, 0.5) is 0 Å². The predicted molar refractivity (Wildman–Crippen MR) is 75.7 cm³/mol. The van der Waals surface area contributed by atoms with Gasteiger partial charge in [-0.2, -0.15) is 0 Å². The van der Waals surface area contributed by atoms with E-state index >= 15 is 0 Å². The van der Waals surface area contributed by atoms with Crippen molar-refractivity contribution in [2.45, 2.75) is 6.42 Å². The maximum Gasteiger partial charge on any atom is -0.0100 e. The van der Waals surface area contributed by atoms with Gasteiger partial charge < -0.3 is 0 Å². The molecule has 0 aliphatic carbocycles. The van der Waals surface area contributed by atoms with E-state index in [1.54, 1.807) is 0 Å². The number of hydrogen-bond acceptors (Lipinski definition) is 0. The second-order valence-corrected chi connectivity index (χ2v) is 3.98.